The Morgan fingerprint density at radius 1 is 1.53 bits per heavy atom. The lowest BCUT2D eigenvalue weighted by Gasteiger charge is -2.01. The van der Waals surface area contributed by atoms with E-state index in [-0.39, 0.29) is 5.82 Å². The molecular weight excluding hydrogens is 244 g/mol. The highest BCUT2D eigenvalue weighted by Gasteiger charge is 2.12. The maximum Gasteiger partial charge on any atom is 0.377 e. The van der Waals surface area contributed by atoms with Gasteiger partial charge in [0.25, 0.3) is 5.82 Å². The molecule has 0 unspecified atom stereocenters. The van der Waals surface area contributed by atoms with Crippen LogP contribution in [0.5, 0.6) is 0 Å². The van der Waals surface area contributed by atoms with E-state index in [2.05, 4.69) is 19.8 Å². The van der Waals surface area contributed by atoms with Gasteiger partial charge >= 0.3 is 5.97 Å². The van der Waals surface area contributed by atoms with Crippen LogP contribution in [0.25, 0.3) is 0 Å². The van der Waals surface area contributed by atoms with Crippen LogP contribution in [0.4, 0.5) is 0 Å². The van der Waals surface area contributed by atoms with E-state index in [1.807, 2.05) is 0 Å². The van der Waals surface area contributed by atoms with E-state index in [0.717, 1.165) is 0 Å². The number of rotatable bonds is 3. The smallest absolute Gasteiger partial charge is 0.377 e. The molecule has 7 heteroatoms. The maximum absolute atomic E-state index is 11.1. The van der Waals surface area contributed by atoms with Gasteiger partial charge in [-0.2, -0.15) is 0 Å². The molecule has 0 saturated heterocycles. The van der Waals surface area contributed by atoms with E-state index >= 15 is 0 Å². The maximum atomic E-state index is 11.1. The van der Waals surface area contributed by atoms with Gasteiger partial charge in [-0.1, -0.05) is 11.6 Å². The first-order valence-electron chi connectivity index (χ1n) is 4.78. The Hall–Kier alpha value is -1.95. The number of hydrogen-bond donors (Lipinski definition) is 0. The number of pyridine rings is 1. The Morgan fingerprint density at radius 2 is 2.35 bits per heavy atom. The second kappa shape index (κ2) is 4.92. The largest absolute Gasteiger partial charge is 0.463 e. The summed E-state index contributed by atoms with van der Waals surface area (Å²) in [6.07, 6.45) is 3.07. The Bertz CT molecular complexity index is 541. The minimum Gasteiger partial charge on any atom is -0.463 e. The number of carbonyl (C=O) groups is 1. The summed E-state index contributed by atoms with van der Waals surface area (Å²) in [6.45, 7) is 0.351. The van der Waals surface area contributed by atoms with Crippen molar-refractivity contribution in [3.63, 3.8) is 0 Å². The van der Waals surface area contributed by atoms with Crippen LogP contribution in [0, 0.1) is 0 Å². The monoisotopic (exact) mass is 252 g/mol. The first-order chi connectivity index (χ1) is 8.20. The van der Waals surface area contributed by atoms with Crippen molar-refractivity contribution in [3.05, 3.63) is 41.2 Å². The normalized spacial score (nSPS) is 10.2. The van der Waals surface area contributed by atoms with Crippen LogP contribution in [0.2, 0.25) is 5.02 Å². The van der Waals surface area contributed by atoms with Crippen LogP contribution in [-0.4, -0.2) is 32.8 Å². The van der Waals surface area contributed by atoms with Crippen LogP contribution in [0.3, 0.4) is 0 Å². The summed E-state index contributed by atoms with van der Waals surface area (Å²) >= 11 is 5.96. The summed E-state index contributed by atoms with van der Waals surface area (Å²) in [5.41, 5.74) is 0.662. The van der Waals surface area contributed by atoms with Crippen molar-refractivity contribution < 1.29 is 9.53 Å². The van der Waals surface area contributed by atoms with Gasteiger partial charge in [0.1, 0.15) is 6.33 Å². The Labute approximate surface area is 102 Å². The Balaban J connectivity index is 2.17. The second-order valence-electron chi connectivity index (χ2n) is 3.19. The number of hydrogen-bond acceptors (Lipinski definition) is 5. The molecule has 2 rings (SSSR count). The van der Waals surface area contributed by atoms with Gasteiger partial charge in [-0.25, -0.2) is 14.5 Å². The standard InChI is InChI=1S/C10H9ClN4O2/c1-17-10(16)9-13-6-15(14-9)5-8-7(11)3-2-4-12-8/h2-4,6H,5H2,1H3. The lowest BCUT2D eigenvalue weighted by atomic mass is 10.3. The second-order valence-corrected chi connectivity index (χ2v) is 3.60. The molecule has 2 aromatic rings. The molecule has 2 aromatic heterocycles. The summed E-state index contributed by atoms with van der Waals surface area (Å²) in [4.78, 5) is 19.1. The molecule has 0 fully saturated rings. The van der Waals surface area contributed by atoms with Crippen molar-refractivity contribution in [1.82, 2.24) is 19.7 Å². The summed E-state index contributed by atoms with van der Waals surface area (Å²) in [5.74, 6) is -0.560. The van der Waals surface area contributed by atoms with E-state index in [0.29, 0.717) is 17.3 Å². The predicted octanol–water partition coefficient (Wildman–Crippen LogP) is 1.16. The van der Waals surface area contributed by atoms with Gasteiger partial charge in [0.2, 0.25) is 0 Å². The molecule has 88 valence electrons. The molecule has 2 heterocycles. The third-order valence-electron chi connectivity index (χ3n) is 2.05. The van der Waals surface area contributed by atoms with Gasteiger partial charge in [0, 0.05) is 6.20 Å². The van der Waals surface area contributed by atoms with Gasteiger partial charge in [0.05, 0.1) is 24.4 Å². The highest BCUT2D eigenvalue weighted by Crippen LogP contribution is 2.12. The molecule has 0 atom stereocenters. The molecule has 0 radical (unpaired) electrons. The van der Waals surface area contributed by atoms with E-state index in [1.165, 1.54) is 18.1 Å². The van der Waals surface area contributed by atoms with Gasteiger partial charge in [-0.3, -0.25) is 4.98 Å². The average Bonchev–Trinajstić information content (AvgIpc) is 2.80. The van der Waals surface area contributed by atoms with E-state index in [9.17, 15) is 4.79 Å². The van der Waals surface area contributed by atoms with Crippen LogP contribution < -0.4 is 0 Å². The average molecular weight is 253 g/mol. The van der Waals surface area contributed by atoms with Crippen LogP contribution in [0.15, 0.2) is 24.7 Å². The van der Waals surface area contributed by atoms with Crippen molar-refractivity contribution >= 4 is 17.6 Å². The number of esters is 1. The minimum atomic E-state index is -0.573. The van der Waals surface area contributed by atoms with Crippen molar-refractivity contribution in [2.75, 3.05) is 7.11 Å². The molecule has 0 amide bonds. The fourth-order valence-electron chi connectivity index (χ4n) is 1.24. The first-order valence-corrected chi connectivity index (χ1v) is 5.15. The van der Waals surface area contributed by atoms with Gasteiger partial charge in [-0.15, -0.1) is 5.10 Å². The van der Waals surface area contributed by atoms with Crippen molar-refractivity contribution in [3.8, 4) is 0 Å². The number of halogens is 1. The molecule has 0 spiro atoms. The fourth-order valence-corrected chi connectivity index (χ4v) is 1.43. The van der Waals surface area contributed by atoms with Gasteiger partial charge in [0.15, 0.2) is 0 Å². The third kappa shape index (κ3) is 2.59. The quantitative estimate of drug-likeness (QED) is 0.767. The van der Waals surface area contributed by atoms with Crippen molar-refractivity contribution in [1.29, 1.82) is 0 Å². The number of nitrogens with zero attached hydrogens (tertiary/aromatic N) is 4. The number of aromatic nitrogens is 4. The Morgan fingerprint density at radius 3 is 3.06 bits per heavy atom. The minimum absolute atomic E-state index is 0.0135. The highest BCUT2D eigenvalue weighted by atomic mass is 35.5. The molecule has 0 N–H and O–H groups in total. The number of ether oxygens (including phenoxy) is 1. The topological polar surface area (TPSA) is 69.9 Å². The highest BCUT2D eigenvalue weighted by molar-refractivity contribution is 6.31. The van der Waals surface area contributed by atoms with Gasteiger partial charge < -0.3 is 4.74 Å². The summed E-state index contributed by atoms with van der Waals surface area (Å²) in [5, 5.41) is 4.49. The van der Waals surface area contributed by atoms with E-state index < -0.39 is 5.97 Å². The van der Waals surface area contributed by atoms with Crippen LogP contribution in [0.1, 0.15) is 16.3 Å². The molecule has 0 aromatic carbocycles. The van der Waals surface area contributed by atoms with Crippen molar-refractivity contribution in [2.45, 2.75) is 6.54 Å². The lowest BCUT2D eigenvalue weighted by molar-refractivity contribution is 0.0586. The Kier molecular flexibility index (Phi) is 3.34. The SMILES string of the molecule is COC(=O)c1ncn(Cc2ncccc2Cl)n1. The third-order valence-corrected chi connectivity index (χ3v) is 2.40. The molecule has 0 aliphatic carbocycles. The fraction of sp³-hybridized carbons (Fsp3) is 0.200. The first kappa shape index (κ1) is 11.5. The van der Waals surface area contributed by atoms with E-state index in [1.54, 1.807) is 18.3 Å². The van der Waals surface area contributed by atoms with Crippen LogP contribution >= 0.6 is 11.6 Å². The predicted molar refractivity (Wildman–Crippen MR) is 59.7 cm³/mol. The summed E-state index contributed by atoms with van der Waals surface area (Å²) in [6, 6.07) is 3.48. The molecule has 0 bridgehead atoms. The lowest BCUT2D eigenvalue weighted by Crippen LogP contribution is -2.07. The zero-order valence-electron chi connectivity index (χ0n) is 9.00. The van der Waals surface area contributed by atoms with Gasteiger partial charge in [-0.05, 0) is 12.1 Å². The molecule has 17 heavy (non-hydrogen) atoms. The van der Waals surface area contributed by atoms with Crippen molar-refractivity contribution in [2.24, 2.45) is 0 Å². The molecule has 0 aliphatic heterocycles. The summed E-state index contributed by atoms with van der Waals surface area (Å²) in [7, 11) is 1.28. The molecular formula is C10H9ClN4O2. The molecule has 0 saturated carbocycles. The molecule has 0 aliphatic rings. The number of carbonyl (C=O) groups excluding carboxylic acids is 1. The zero-order chi connectivity index (χ0) is 12.3. The van der Waals surface area contributed by atoms with Crippen LogP contribution in [-0.2, 0) is 11.3 Å². The zero-order valence-corrected chi connectivity index (χ0v) is 9.76. The number of methoxy groups -OCH3 is 1. The molecule has 6 nitrogen and oxygen atoms in total. The summed E-state index contributed by atoms with van der Waals surface area (Å²) < 4.78 is 5.98. The van der Waals surface area contributed by atoms with E-state index in [4.69, 9.17) is 11.6 Å².